The van der Waals surface area contributed by atoms with Crippen molar-refractivity contribution in [2.24, 2.45) is 0 Å². The van der Waals surface area contributed by atoms with E-state index in [9.17, 15) is 9.59 Å². The van der Waals surface area contributed by atoms with Crippen molar-refractivity contribution in [1.29, 1.82) is 0 Å². The number of halogens is 2. The summed E-state index contributed by atoms with van der Waals surface area (Å²) in [4.78, 5) is 31.8. The Kier molecular flexibility index (Phi) is 5.44. The van der Waals surface area contributed by atoms with Gasteiger partial charge in [0.05, 0.1) is 33.6 Å². The molecule has 2 aromatic carbocycles. The number of hydrogen-bond donors (Lipinski definition) is 2. The van der Waals surface area contributed by atoms with E-state index >= 15 is 0 Å². The molecule has 1 atom stereocenters. The van der Waals surface area contributed by atoms with Crippen molar-refractivity contribution in [1.82, 2.24) is 9.97 Å². The minimum Gasteiger partial charge on any atom is -0.449 e. The molecule has 1 unspecified atom stereocenters. The number of anilines is 1. The predicted molar refractivity (Wildman–Crippen MR) is 101 cm³/mol. The molecule has 26 heavy (non-hydrogen) atoms. The molecule has 1 heterocycles. The second-order valence-corrected chi connectivity index (χ2v) is 6.39. The number of aromatic nitrogens is 2. The smallest absolute Gasteiger partial charge is 0.338 e. The number of ether oxygens (including phenoxy) is 1. The predicted octanol–water partition coefficient (Wildman–Crippen LogP) is 4.44. The summed E-state index contributed by atoms with van der Waals surface area (Å²) in [6.45, 7) is 1.75. The van der Waals surface area contributed by atoms with Crippen molar-refractivity contribution < 1.29 is 14.3 Å². The number of esters is 1. The van der Waals surface area contributed by atoms with E-state index in [1.807, 2.05) is 0 Å². The first-order chi connectivity index (χ1) is 12.5. The lowest BCUT2D eigenvalue weighted by Gasteiger charge is -2.17. The fraction of sp³-hybridized carbons (Fsp3) is 0.167. The summed E-state index contributed by atoms with van der Waals surface area (Å²) in [7, 11) is 0. The van der Waals surface area contributed by atoms with Gasteiger partial charge in [0.15, 0.2) is 6.10 Å². The van der Waals surface area contributed by atoms with Gasteiger partial charge in [-0.1, -0.05) is 30.1 Å². The lowest BCUT2D eigenvalue weighted by Crippen LogP contribution is -2.32. The number of benzene rings is 2. The monoisotopic (exact) mass is 391 g/mol. The molecule has 6 nitrogen and oxygen atoms in total. The van der Waals surface area contributed by atoms with Crippen LogP contribution in [0.15, 0.2) is 42.7 Å². The highest BCUT2D eigenvalue weighted by molar-refractivity contribution is 6.35. The molecule has 134 valence electrons. The van der Waals surface area contributed by atoms with Crippen LogP contribution in [0.25, 0.3) is 11.0 Å². The zero-order chi connectivity index (χ0) is 18.7. The highest BCUT2D eigenvalue weighted by atomic mass is 35.5. The Labute approximate surface area is 159 Å². The third-order valence-corrected chi connectivity index (χ3v) is 4.32. The van der Waals surface area contributed by atoms with Crippen molar-refractivity contribution in [2.45, 2.75) is 19.4 Å². The molecule has 0 saturated carbocycles. The molecular weight excluding hydrogens is 377 g/mol. The highest BCUT2D eigenvalue weighted by Gasteiger charge is 2.23. The largest absolute Gasteiger partial charge is 0.449 e. The van der Waals surface area contributed by atoms with Gasteiger partial charge in [-0.25, -0.2) is 9.78 Å². The van der Waals surface area contributed by atoms with E-state index in [0.29, 0.717) is 33.2 Å². The Balaban J connectivity index is 1.72. The van der Waals surface area contributed by atoms with Crippen molar-refractivity contribution in [3.8, 4) is 0 Å². The number of fused-ring (bicyclic) bond motifs is 1. The zero-order valence-electron chi connectivity index (χ0n) is 13.8. The summed E-state index contributed by atoms with van der Waals surface area (Å²) < 4.78 is 5.35. The van der Waals surface area contributed by atoms with Crippen LogP contribution in [0, 0.1) is 0 Å². The number of amides is 1. The maximum Gasteiger partial charge on any atom is 0.338 e. The molecule has 8 heteroatoms. The van der Waals surface area contributed by atoms with E-state index in [-0.39, 0.29) is 0 Å². The number of carbonyl (C=O) groups excluding carboxylic acids is 2. The summed E-state index contributed by atoms with van der Waals surface area (Å²) in [5.41, 5.74) is 2.14. The third-order valence-electron chi connectivity index (χ3n) is 3.75. The summed E-state index contributed by atoms with van der Waals surface area (Å²) in [5.74, 6) is -1.08. The van der Waals surface area contributed by atoms with Crippen LogP contribution in [0.1, 0.15) is 23.7 Å². The average molecular weight is 392 g/mol. The molecule has 1 aromatic heterocycles. The van der Waals surface area contributed by atoms with Gasteiger partial charge in [0.1, 0.15) is 0 Å². The highest BCUT2D eigenvalue weighted by Crippen LogP contribution is 2.26. The average Bonchev–Trinajstić information content (AvgIpc) is 3.10. The van der Waals surface area contributed by atoms with Crippen molar-refractivity contribution in [3.05, 3.63) is 58.3 Å². The first kappa shape index (κ1) is 18.2. The maximum absolute atomic E-state index is 12.4. The van der Waals surface area contributed by atoms with Gasteiger partial charge in [-0.2, -0.15) is 0 Å². The van der Waals surface area contributed by atoms with Crippen LogP contribution in [0.4, 0.5) is 5.69 Å². The Morgan fingerprint density at radius 2 is 2.04 bits per heavy atom. The Morgan fingerprint density at radius 3 is 2.81 bits per heavy atom. The van der Waals surface area contributed by atoms with Crippen LogP contribution in [-0.4, -0.2) is 27.9 Å². The Hall–Kier alpha value is -2.57. The van der Waals surface area contributed by atoms with Crippen molar-refractivity contribution in [2.75, 3.05) is 5.32 Å². The quantitative estimate of drug-likeness (QED) is 0.629. The molecule has 0 aliphatic heterocycles. The number of rotatable bonds is 5. The van der Waals surface area contributed by atoms with E-state index in [0.717, 1.165) is 5.52 Å². The minimum atomic E-state index is -0.963. The molecule has 0 spiro atoms. The summed E-state index contributed by atoms with van der Waals surface area (Å²) in [6.07, 6.45) is 0.883. The summed E-state index contributed by atoms with van der Waals surface area (Å²) in [5, 5.41) is 3.41. The van der Waals surface area contributed by atoms with Gasteiger partial charge in [-0.05, 0) is 42.8 Å². The number of hydrogen-bond acceptors (Lipinski definition) is 4. The third kappa shape index (κ3) is 3.98. The van der Waals surface area contributed by atoms with Crippen LogP contribution in [0.5, 0.6) is 0 Å². The van der Waals surface area contributed by atoms with Gasteiger partial charge in [0.2, 0.25) is 0 Å². The van der Waals surface area contributed by atoms with Crippen LogP contribution in [0.3, 0.4) is 0 Å². The van der Waals surface area contributed by atoms with Crippen LogP contribution >= 0.6 is 23.2 Å². The molecular formula is C18H15Cl2N3O3. The van der Waals surface area contributed by atoms with E-state index in [1.54, 1.807) is 37.3 Å². The standard InChI is InChI=1S/C18H15Cl2N3O3/c1-2-16(17(24)23-14-8-11(19)4-5-12(14)20)26-18(25)10-3-6-13-15(7-10)22-9-21-13/h3-9,16H,2H2,1H3,(H,21,22)(H,23,24). The topological polar surface area (TPSA) is 84.1 Å². The molecule has 3 rings (SSSR count). The fourth-order valence-corrected chi connectivity index (χ4v) is 2.73. The fourth-order valence-electron chi connectivity index (χ4n) is 2.39. The number of H-pyrrole nitrogens is 1. The second kappa shape index (κ2) is 7.76. The Bertz CT molecular complexity index is 971. The van der Waals surface area contributed by atoms with Gasteiger partial charge in [-0.3, -0.25) is 4.79 Å². The van der Waals surface area contributed by atoms with Gasteiger partial charge < -0.3 is 15.0 Å². The lowest BCUT2D eigenvalue weighted by atomic mass is 10.2. The molecule has 1 amide bonds. The lowest BCUT2D eigenvalue weighted by molar-refractivity contribution is -0.124. The van der Waals surface area contributed by atoms with Crippen LogP contribution in [0.2, 0.25) is 10.0 Å². The molecule has 0 bridgehead atoms. The van der Waals surface area contributed by atoms with Gasteiger partial charge >= 0.3 is 5.97 Å². The SMILES string of the molecule is CCC(OC(=O)c1ccc2nc[nH]c2c1)C(=O)Nc1cc(Cl)ccc1Cl. The van der Waals surface area contributed by atoms with Crippen molar-refractivity contribution in [3.63, 3.8) is 0 Å². The summed E-state index contributed by atoms with van der Waals surface area (Å²) in [6, 6.07) is 9.65. The van der Waals surface area contributed by atoms with E-state index in [1.165, 1.54) is 12.4 Å². The molecule has 3 aromatic rings. The first-order valence-electron chi connectivity index (χ1n) is 7.88. The molecule has 2 N–H and O–H groups in total. The molecule has 0 saturated heterocycles. The molecule has 0 aliphatic rings. The zero-order valence-corrected chi connectivity index (χ0v) is 15.3. The number of nitrogens with one attached hydrogen (secondary N) is 2. The molecule has 0 fully saturated rings. The number of nitrogens with zero attached hydrogens (tertiary/aromatic N) is 1. The van der Waals surface area contributed by atoms with E-state index in [2.05, 4.69) is 15.3 Å². The Morgan fingerprint density at radius 1 is 1.23 bits per heavy atom. The van der Waals surface area contributed by atoms with Gasteiger partial charge in [-0.15, -0.1) is 0 Å². The van der Waals surface area contributed by atoms with E-state index in [4.69, 9.17) is 27.9 Å². The van der Waals surface area contributed by atoms with Gasteiger partial charge in [0, 0.05) is 5.02 Å². The minimum absolute atomic E-state index is 0.308. The normalized spacial score (nSPS) is 12.0. The number of aromatic amines is 1. The number of imidazole rings is 1. The first-order valence-corrected chi connectivity index (χ1v) is 8.63. The number of carbonyl (C=O) groups is 2. The second-order valence-electron chi connectivity index (χ2n) is 5.55. The summed E-state index contributed by atoms with van der Waals surface area (Å²) >= 11 is 12.0. The van der Waals surface area contributed by atoms with E-state index < -0.39 is 18.0 Å². The molecule has 0 radical (unpaired) electrons. The van der Waals surface area contributed by atoms with Crippen LogP contribution in [-0.2, 0) is 9.53 Å². The maximum atomic E-state index is 12.4. The van der Waals surface area contributed by atoms with Crippen molar-refractivity contribution >= 4 is 51.8 Å². The van der Waals surface area contributed by atoms with Gasteiger partial charge in [0.25, 0.3) is 5.91 Å². The molecule has 0 aliphatic carbocycles. The van der Waals surface area contributed by atoms with Crippen LogP contribution < -0.4 is 5.32 Å².